The molecule has 3 aromatic rings. The van der Waals surface area contributed by atoms with E-state index >= 15 is 0 Å². The molecule has 4 rings (SSSR count). The van der Waals surface area contributed by atoms with Crippen LogP contribution in [0.25, 0.3) is 0 Å². The van der Waals surface area contributed by atoms with Crippen LogP contribution in [-0.2, 0) is 43.9 Å². The quantitative estimate of drug-likeness (QED) is 0.369. The van der Waals surface area contributed by atoms with Gasteiger partial charge in [0, 0.05) is 29.4 Å². The van der Waals surface area contributed by atoms with Crippen molar-refractivity contribution in [3.8, 4) is 5.75 Å². The van der Waals surface area contributed by atoms with Crippen LogP contribution >= 0.6 is 11.6 Å². The Morgan fingerprint density at radius 1 is 1.05 bits per heavy atom. The van der Waals surface area contributed by atoms with Crippen LogP contribution in [0.15, 0.2) is 66.7 Å². The first-order valence-corrected chi connectivity index (χ1v) is 14.0. The summed E-state index contributed by atoms with van der Waals surface area (Å²) in [5.74, 6) is -0.339. The van der Waals surface area contributed by atoms with Crippen molar-refractivity contribution in [1.82, 2.24) is 4.90 Å². The van der Waals surface area contributed by atoms with Crippen LogP contribution in [0.1, 0.15) is 28.7 Å². The summed E-state index contributed by atoms with van der Waals surface area (Å²) in [5.41, 5.74) is 3.68. The number of anilines is 1. The number of hydrogen-bond donors (Lipinski definition) is 1. The highest BCUT2D eigenvalue weighted by Crippen LogP contribution is 2.28. The molecule has 3 aromatic carbocycles. The van der Waals surface area contributed by atoms with Gasteiger partial charge < -0.3 is 14.4 Å². The molecule has 1 fully saturated rings. The van der Waals surface area contributed by atoms with Gasteiger partial charge in [-0.15, -0.1) is 0 Å². The van der Waals surface area contributed by atoms with Crippen molar-refractivity contribution in [3.05, 3.63) is 94.0 Å². The van der Waals surface area contributed by atoms with E-state index in [0.717, 1.165) is 11.1 Å². The van der Waals surface area contributed by atoms with Crippen LogP contribution in [-0.4, -0.2) is 44.1 Å². The molecule has 1 saturated heterocycles. The maximum atomic E-state index is 13.2. The van der Waals surface area contributed by atoms with E-state index < -0.39 is 27.1 Å². The Kier molecular flexibility index (Phi) is 8.58. The Morgan fingerprint density at radius 2 is 1.74 bits per heavy atom. The smallest absolute Gasteiger partial charge is 0.309 e. The number of esters is 1. The number of sulfonamides is 1. The first-order valence-electron chi connectivity index (χ1n) is 12.1. The first kappa shape index (κ1) is 27.5. The fourth-order valence-electron chi connectivity index (χ4n) is 4.21. The lowest BCUT2D eigenvalue weighted by Gasteiger charge is -2.20. The normalized spacial score (nSPS) is 15.4. The number of benzene rings is 3. The topological polar surface area (TPSA) is 102 Å². The van der Waals surface area contributed by atoms with Gasteiger partial charge in [0.05, 0.1) is 13.5 Å². The molecule has 0 bridgehead atoms. The fourth-order valence-corrected chi connectivity index (χ4v) is 5.77. The number of hydrogen-bond acceptors (Lipinski definition) is 6. The number of methoxy groups -OCH3 is 1. The van der Waals surface area contributed by atoms with Crippen molar-refractivity contribution in [2.45, 2.75) is 38.2 Å². The number of amides is 1. The molecule has 10 heteroatoms. The minimum atomic E-state index is -3.93. The molecule has 0 saturated carbocycles. The molecule has 1 heterocycles. The van der Waals surface area contributed by atoms with Gasteiger partial charge >= 0.3 is 5.97 Å². The lowest BCUT2D eigenvalue weighted by atomic mass is 10.1. The molecule has 1 aliphatic heterocycles. The van der Waals surface area contributed by atoms with Crippen LogP contribution in [0, 0.1) is 6.92 Å². The number of aryl methyl sites for hydroxylation is 1. The van der Waals surface area contributed by atoms with Gasteiger partial charge in [0.15, 0.2) is 5.25 Å². The lowest BCUT2D eigenvalue weighted by molar-refractivity contribution is -0.139. The molecule has 0 aliphatic carbocycles. The summed E-state index contributed by atoms with van der Waals surface area (Å²) in [6, 6.07) is 19.5. The molecule has 8 nitrogen and oxygen atoms in total. The summed E-state index contributed by atoms with van der Waals surface area (Å²) in [6.45, 7) is 2.59. The van der Waals surface area contributed by atoms with Gasteiger partial charge in [-0.25, -0.2) is 8.42 Å². The van der Waals surface area contributed by atoms with Gasteiger partial charge in [0.2, 0.25) is 15.9 Å². The zero-order chi connectivity index (χ0) is 27.3. The first-order chi connectivity index (χ1) is 18.1. The Bertz CT molecular complexity index is 1410. The average Bonchev–Trinajstić information content (AvgIpc) is 3.26. The highest BCUT2D eigenvalue weighted by Gasteiger charge is 2.41. The predicted octanol–water partition coefficient (Wildman–Crippen LogP) is 4.49. The maximum Gasteiger partial charge on any atom is 0.309 e. The monoisotopic (exact) mass is 556 g/mol. The number of carbonyl (C=O) groups is 2. The molecule has 1 amide bonds. The number of nitrogens with one attached hydrogen (secondary N) is 1. The van der Waals surface area contributed by atoms with E-state index in [2.05, 4.69) is 4.72 Å². The molecule has 1 N–H and O–H groups in total. The van der Waals surface area contributed by atoms with Crippen molar-refractivity contribution < 1.29 is 27.5 Å². The van der Waals surface area contributed by atoms with E-state index in [0.29, 0.717) is 27.6 Å². The summed E-state index contributed by atoms with van der Waals surface area (Å²) in [7, 11) is -2.61. The largest absolute Gasteiger partial charge is 0.489 e. The average molecular weight is 557 g/mol. The van der Waals surface area contributed by atoms with Gasteiger partial charge in [-0.3, -0.25) is 14.3 Å². The summed E-state index contributed by atoms with van der Waals surface area (Å²) >= 11 is 5.97. The Hall–Kier alpha value is -3.56. The fraction of sp³-hybridized carbons (Fsp3) is 0.286. The predicted molar refractivity (Wildman–Crippen MR) is 145 cm³/mol. The Morgan fingerprint density at radius 3 is 2.42 bits per heavy atom. The Labute approximate surface area is 227 Å². The van der Waals surface area contributed by atoms with Crippen molar-refractivity contribution in [3.63, 3.8) is 0 Å². The number of halogens is 1. The minimum absolute atomic E-state index is 0.0619. The van der Waals surface area contributed by atoms with Crippen molar-refractivity contribution in [1.29, 1.82) is 0 Å². The zero-order valence-electron chi connectivity index (χ0n) is 21.1. The summed E-state index contributed by atoms with van der Waals surface area (Å²) in [4.78, 5) is 26.5. The van der Waals surface area contributed by atoms with Gasteiger partial charge in [-0.2, -0.15) is 0 Å². The lowest BCUT2D eigenvalue weighted by Crippen LogP contribution is -2.36. The third kappa shape index (κ3) is 6.85. The SMILES string of the molecule is COC(=O)Cc1ccc(OCc2ccc(Cl)cc2)c(CN2CC[C@H](S(=O)(=O)Nc3ccc(C)cc3)C2=O)c1. The molecule has 1 aliphatic rings. The van der Waals surface area contributed by atoms with E-state index in [1.807, 2.05) is 19.1 Å². The van der Waals surface area contributed by atoms with Crippen LogP contribution in [0.3, 0.4) is 0 Å². The highest BCUT2D eigenvalue weighted by atomic mass is 35.5. The van der Waals surface area contributed by atoms with Crippen LogP contribution in [0.2, 0.25) is 5.02 Å². The summed E-state index contributed by atoms with van der Waals surface area (Å²) in [6.07, 6.45) is 0.231. The number of ether oxygens (including phenoxy) is 2. The van der Waals surface area contributed by atoms with E-state index in [9.17, 15) is 18.0 Å². The molecule has 200 valence electrons. The third-order valence-electron chi connectivity index (χ3n) is 6.30. The van der Waals surface area contributed by atoms with E-state index in [1.165, 1.54) is 12.0 Å². The summed E-state index contributed by atoms with van der Waals surface area (Å²) in [5, 5.41) is -0.573. The number of nitrogens with zero attached hydrogens (tertiary/aromatic N) is 1. The summed E-state index contributed by atoms with van der Waals surface area (Å²) < 4.78 is 39.4. The van der Waals surface area contributed by atoms with Crippen molar-refractivity contribution in [2.75, 3.05) is 18.4 Å². The second-order valence-electron chi connectivity index (χ2n) is 9.16. The molecule has 0 aromatic heterocycles. The number of likely N-dealkylation sites (tertiary alicyclic amines) is 1. The zero-order valence-corrected chi connectivity index (χ0v) is 22.7. The molecular weight excluding hydrogens is 528 g/mol. The molecular formula is C28H29ClN2O6S. The minimum Gasteiger partial charge on any atom is -0.489 e. The van der Waals surface area contributed by atoms with Crippen molar-refractivity contribution >= 4 is 39.2 Å². The second kappa shape index (κ2) is 11.9. The highest BCUT2D eigenvalue weighted by molar-refractivity contribution is 7.94. The number of carbonyl (C=O) groups excluding carboxylic acids is 2. The van der Waals surface area contributed by atoms with E-state index in [-0.39, 0.29) is 32.5 Å². The molecule has 0 spiro atoms. The third-order valence-corrected chi connectivity index (χ3v) is 8.26. The molecule has 1 atom stereocenters. The van der Waals surface area contributed by atoms with Crippen LogP contribution in [0.5, 0.6) is 5.75 Å². The van der Waals surface area contributed by atoms with Gasteiger partial charge in [-0.1, -0.05) is 47.5 Å². The van der Waals surface area contributed by atoms with Crippen LogP contribution < -0.4 is 9.46 Å². The molecule has 38 heavy (non-hydrogen) atoms. The van der Waals surface area contributed by atoms with E-state index in [1.54, 1.807) is 54.6 Å². The van der Waals surface area contributed by atoms with Crippen molar-refractivity contribution in [2.24, 2.45) is 0 Å². The van der Waals surface area contributed by atoms with Crippen LogP contribution in [0.4, 0.5) is 5.69 Å². The van der Waals surface area contributed by atoms with Gasteiger partial charge in [-0.05, 0) is 60.9 Å². The van der Waals surface area contributed by atoms with Gasteiger partial charge in [0.1, 0.15) is 12.4 Å². The van der Waals surface area contributed by atoms with Gasteiger partial charge in [0.25, 0.3) is 0 Å². The molecule has 0 radical (unpaired) electrons. The standard InChI is InChI=1S/C28H29ClN2O6S/c1-19-3-10-24(11-4-19)30-38(34,35)26-13-14-31(28(26)33)17-22-15-21(16-27(32)36-2)7-12-25(22)37-18-20-5-8-23(29)9-6-20/h3-12,15,26,30H,13-14,16-18H2,1-2H3/t26-/m0/s1. The maximum absolute atomic E-state index is 13.2. The number of rotatable bonds is 10. The Balaban J connectivity index is 1.51. The van der Waals surface area contributed by atoms with E-state index in [4.69, 9.17) is 21.1 Å². The second-order valence-corrected chi connectivity index (χ2v) is 11.5. The molecule has 0 unspecified atom stereocenters.